The van der Waals surface area contributed by atoms with Gasteiger partial charge in [-0.05, 0) is 49.3 Å². The van der Waals surface area contributed by atoms with Crippen molar-refractivity contribution in [2.75, 3.05) is 0 Å². The Balaban J connectivity index is 1.41. The van der Waals surface area contributed by atoms with Crippen LogP contribution in [0, 0.1) is 5.92 Å². The van der Waals surface area contributed by atoms with Crippen LogP contribution in [0.5, 0.6) is 0 Å². The maximum Gasteiger partial charge on any atom is 0.187 e. The summed E-state index contributed by atoms with van der Waals surface area (Å²) in [6.45, 7) is 0. The van der Waals surface area contributed by atoms with E-state index in [1.807, 2.05) is 31.6 Å². The van der Waals surface area contributed by atoms with E-state index < -0.39 is 0 Å². The average molecular weight is 388 g/mol. The second-order valence-corrected chi connectivity index (χ2v) is 7.93. The molecule has 0 spiro atoms. The lowest BCUT2D eigenvalue weighted by Crippen LogP contribution is -2.27. The van der Waals surface area contributed by atoms with Crippen LogP contribution in [-0.4, -0.2) is 40.8 Å². The molecule has 0 bridgehead atoms. The molecule has 8 nitrogen and oxygen atoms in total. The standard InChI is InChI=1S/C21H24N8/c1-28-13-16(11-24-28)15-4-8-18(9-5-15)29-21-19(26-27-29)12-23-20(25-21)10-14-2-6-17(22)7-3-14/h4-5,8-9,11-14,17H,2-3,6-7,10,22H2,1H3. The Morgan fingerprint density at radius 1 is 1.03 bits per heavy atom. The van der Waals surface area contributed by atoms with Crippen LogP contribution in [0.2, 0.25) is 0 Å². The third kappa shape index (κ3) is 3.63. The quantitative estimate of drug-likeness (QED) is 0.577. The smallest absolute Gasteiger partial charge is 0.187 e. The molecule has 1 fully saturated rings. The number of nitrogens with zero attached hydrogens (tertiary/aromatic N) is 7. The zero-order valence-electron chi connectivity index (χ0n) is 16.4. The predicted molar refractivity (Wildman–Crippen MR) is 110 cm³/mol. The van der Waals surface area contributed by atoms with Crippen LogP contribution in [-0.2, 0) is 13.5 Å². The molecule has 1 aliphatic carbocycles. The molecule has 29 heavy (non-hydrogen) atoms. The third-order valence-electron chi connectivity index (χ3n) is 5.76. The van der Waals surface area contributed by atoms with E-state index in [2.05, 4.69) is 32.5 Å². The summed E-state index contributed by atoms with van der Waals surface area (Å²) < 4.78 is 3.58. The number of nitrogens with two attached hydrogens (primary N) is 1. The largest absolute Gasteiger partial charge is 0.328 e. The molecule has 0 amide bonds. The Morgan fingerprint density at radius 2 is 1.83 bits per heavy atom. The number of aromatic nitrogens is 7. The predicted octanol–water partition coefficient (Wildman–Crippen LogP) is 2.67. The fourth-order valence-corrected chi connectivity index (χ4v) is 4.05. The number of benzene rings is 1. The Hall–Kier alpha value is -3.13. The van der Waals surface area contributed by atoms with E-state index in [4.69, 9.17) is 10.7 Å². The molecular weight excluding hydrogens is 364 g/mol. The molecule has 0 aliphatic heterocycles. The first-order valence-corrected chi connectivity index (χ1v) is 10.1. The highest BCUT2D eigenvalue weighted by Gasteiger charge is 2.20. The summed E-state index contributed by atoms with van der Waals surface area (Å²) in [7, 11) is 1.92. The molecule has 5 rings (SSSR count). The third-order valence-corrected chi connectivity index (χ3v) is 5.76. The summed E-state index contributed by atoms with van der Waals surface area (Å²) >= 11 is 0. The van der Waals surface area contributed by atoms with Gasteiger partial charge in [0.15, 0.2) is 11.2 Å². The highest BCUT2D eigenvalue weighted by molar-refractivity contribution is 5.71. The van der Waals surface area contributed by atoms with Gasteiger partial charge in [-0.25, -0.2) is 9.97 Å². The molecule has 0 atom stereocenters. The van der Waals surface area contributed by atoms with Crippen molar-refractivity contribution in [2.24, 2.45) is 18.7 Å². The van der Waals surface area contributed by atoms with Crippen molar-refractivity contribution in [1.82, 2.24) is 34.7 Å². The van der Waals surface area contributed by atoms with Gasteiger partial charge in [0, 0.05) is 31.3 Å². The molecular formula is C21H24N8. The van der Waals surface area contributed by atoms with E-state index in [-0.39, 0.29) is 0 Å². The van der Waals surface area contributed by atoms with E-state index in [0.717, 1.165) is 60.4 Å². The normalized spacial score (nSPS) is 19.7. The molecule has 1 saturated carbocycles. The minimum atomic E-state index is 0.356. The van der Waals surface area contributed by atoms with Crippen molar-refractivity contribution < 1.29 is 0 Å². The van der Waals surface area contributed by atoms with Gasteiger partial charge in [-0.15, -0.1) is 5.10 Å². The minimum Gasteiger partial charge on any atom is -0.328 e. The van der Waals surface area contributed by atoms with E-state index in [0.29, 0.717) is 17.5 Å². The van der Waals surface area contributed by atoms with Gasteiger partial charge >= 0.3 is 0 Å². The van der Waals surface area contributed by atoms with Gasteiger partial charge in [0.25, 0.3) is 0 Å². The van der Waals surface area contributed by atoms with Gasteiger partial charge in [0.2, 0.25) is 0 Å². The first kappa shape index (κ1) is 17.9. The SMILES string of the molecule is Cn1cc(-c2ccc(-n3nnc4cnc(CC5CCC(N)CC5)nc43)cc2)cn1. The molecule has 1 aliphatic rings. The Kier molecular flexibility index (Phi) is 4.55. The van der Waals surface area contributed by atoms with Crippen LogP contribution >= 0.6 is 0 Å². The van der Waals surface area contributed by atoms with Crippen molar-refractivity contribution in [1.29, 1.82) is 0 Å². The molecule has 0 saturated heterocycles. The molecule has 0 radical (unpaired) electrons. The topological polar surface area (TPSA) is 100 Å². The fourth-order valence-electron chi connectivity index (χ4n) is 4.05. The van der Waals surface area contributed by atoms with E-state index >= 15 is 0 Å². The molecule has 2 N–H and O–H groups in total. The molecule has 3 aromatic heterocycles. The molecule has 148 valence electrons. The first-order valence-electron chi connectivity index (χ1n) is 10.1. The lowest BCUT2D eigenvalue weighted by Gasteiger charge is -2.25. The van der Waals surface area contributed by atoms with Crippen LogP contribution in [0.1, 0.15) is 31.5 Å². The van der Waals surface area contributed by atoms with Crippen LogP contribution < -0.4 is 5.73 Å². The number of fused-ring (bicyclic) bond motifs is 1. The highest BCUT2D eigenvalue weighted by Crippen LogP contribution is 2.26. The molecule has 0 unspecified atom stereocenters. The number of rotatable bonds is 4. The Labute approximate surface area is 168 Å². The van der Waals surface area contributed by atoms with Crippen LogP contribution in [0.25, 0.3) is 28.0 Å². The maximum atomic E-state index is 6.03. The summed E-state index contributed by atoms with van der Waals surface area (Å²) in [6, 6.07) is 8.54. The van der Waals surface area contributed by atoms with Gasteiger partial charge in [0.1, 0.15) is 5.82 Å². The lowest BCUT2D eigenvalue weighted by molar-refractivity contribution is 0.321. The monoisotopic (exact) mass is 388 g/mol. The maximum absolute atomic E-state index is 6.03. The number of aryl methyl sites for hydroxylation is 1. The number of hydrogen-bond donors (Lipinski definition) is 1. The minimum absolute atomic E-state index is 0.356. The Bertz CT molecular complexity index is 1120. The van der Waals surface area contributed by atoms with Crippen molar-refractivity contribution in [3.63, 3.8) is 0 Å². The molecule has 1 aromatic carbocycles. The van der Waals surface area contributed by atoms with Gasteiger partial charge in [0.05, 0.1) is 18.1 Å². The number of hydrogen-bond acceptors (Lipinski definition) is 6. The van der Waals surface area contributed by atoms with Crippen LogP contribution in [0.4, 0.5) is 0 Å². The Morgan fingerprint density at radius 3 is 2.55 bits per heavy atom. The van der Waals surface area contributed by atoms with E-state index in [9.17, 15) is 0 Å². The first-order chi connectivity index (χ1) is 14.2. The van der Waals surface area contributed by atoms with Gasteiger partial charge in [-0.2, -0.15) is 9.78 Å². The molecule has 4 aromatic rings. The summed E-state index contributed by atoms with van der Waals surface area (Å²) in [4.78, 5) is 9.31. The summed E-state index contributed by atoms with van der Waals surface area (Å²) in [5, 5.41) is 12.8. The summed E-state index contributed by atoms with van der Waals surface area (Å²) in [5.41, 5.74) is 10.6. The second kappa shape index (κ2) is 7.36. The van der Waals surface area contributed by atoms with Crippen molar-refractivity contribution in [3.8, 4) is 16.8 Å². The average Bonchev–Trinajstić information content (AvgIpc) is 3.36. The van der Waals surface area contributed by atoms with E-state index in [1.54, 1.807) is 15.6 Å². The van der Waals surface area contributed by atoms with Crippen molar-refractivity contribution >= 4 is 11.2 Å². The molecule has 3 heterocycles. The van der Waals surface area contributed by atoms with Gasteiger partial charge < -0.3 is 5.73 Å². The highest BCUT2D eigenvalue weighted by atomic mass is 15.4. The van der Waals surface area contributed by atoms with E-state index in [1.165, 1.54) is 0 Å². The molecule has 8 heteroatoms. The van der Waals surface area contributed by atoms with Gasteiger partial charge in [-0.1, -0.05) is 17.3 Å². The fraction of sp³-hybridized carbons (Fsp3) is 0.381. The summed E-state index contributed by atoms with van der Waals surface area (Å²) in [6.07, 6.45) is 11.0. The zero-order chi connectivity index (χ0) is 19.8. The van der Waals surface area contributed by atoms with Crippen molar-refractivity contribution in [3.05, 3.63) is 48.7 Å². The zero-order valence-corrected chi connectivity index (χ0v) is 16.4. The van der Waals surface area contributed by atoms with Crippen LogP contribution in [0.15, 0.2) is 42.9 Å². The second-order valence-electron chi connectivity index (χ2n) is 7.93. The lowest BCUT2D eigenvalue weighted by atomic mass is 9.84. The van der Waals surface area contributed by atoms with Crippen LogP contribution in [0.3, 0.4) is 0 Å². The van der Waals surface area contributed by atoms with Gasteiger partial charge in [-0.3, -0.25) is 4.68 Å². The summed E-state index contributed by atoms with van der Waals surface area (Å²) in [5.74, 6) is 1.46. The van der Waals surface area contributed by atoms with Crippen molar-refractivity contribution in [2.45, 2.75) is 38.1 Å².